The van der Waals surface area contributed by atoms with Gasteiger partial charge in [-0.15, -0.1) is 11.8 Å². The zero-order valence-corrected chi connectivity index (χ0v) is 12.7. The maximum absolute atomic E-state index is 10.9. The third kappa shape index (κ3) is 5.55. The summed E-state index contributed by atoms with van der Waals surface area (Å²) >= 11 is 1.44. The van der Waals surface area contributed by atoms with Gasteiger partial charge in [0.05, 0.1) is 11.9 Å². The summed E-state index contributed by atoms with van der Waals surface area (Å²) < 4.78 is 24.2. The first kappa shape index (κ1) is 15.9. The van der Waals surface area contributed by atoms with E-state index in [1.54, 1.807) is 13.8 Å². The quantitative estimate of drug-likeness (QED) is 0.478. The van der Waals surface area contributed by atoms with Gasteiger partial charge in [0.15, 0.2) is 0 Å². The van der Waals surface area contributed by atoms with E-state index in [0.717, 1.165) is 6.26 Å². The molecule has 0 saturated carbocycles. The number of aromatic nitrogens is 2. The Balaban J connectivity index is 2.57. The van der Waals surface area contributed by atoms with E-state index in [2.05, 4.69) is 20.8 Å². The summed E-state index contributed by atoms with van der Waals surface area (Å²) in [5.41, 5.74) is 1.17. The first-order valence-electron chi connectivity index (χ1n) is 5.66. The molecule has 0 radical (unpaired) electrons. The van der Waals surface area contributed by atoms with Crippen molar-refractivity contribution in [3.8, 4) is 6.07 Å². The molecule has 0 unspecified atom stereocenters. The smallest absolute Gasteiger partial charge is 0.208 e. The maximum atomic E-state index is 10.9. The van der Waals surface area contributed by atoms with Crippen molar-refractivity contribution in [3.05, 3.63) is 17.1 Å². The van der Waals surface area contributed by atoms with Crippen LogP contribution in [0.3, 0.4) is 0 Å². The Morgan fingerprint density at radius 1 is 1.37 bits per heavy atom. The largest absolute Gasteiger partial charge is 0.237 e. The maximum Gasteiger partial charge on any atom is 0.208 e. The second-order valence-corrected chi connectivity index (χ2v) is 6.93. The fraction of sp³-hybridized carbons (Fsp3) is 0.545. The molecule has 6 nitrogen and oxygen atoms in total. The van der Waals surface area contributed by atoms with Crippen LogP contribution >= 0.6 is 11.8 Å². The second-order valence-electron chi connectivity index (χ2n) is 4.02. The normalized spacial score (nSPS) is 11.3. The van der Waals surface area contributed by atoms with Crippen LogP contribution in [0, 0.1) is 25.2 Å². The Hall–Kier alpha value is -1.17. The van der Waals surface area contributed by atoms with Crippen LogP contribution in [0.2, 0.25) is 0 Å². The average Bonchev–Trinajstić information content (AvgIpc) is 2.26. The summed E-state index contributed by atoms with van der Waals surface area (Å²) in [6.45, 7) is 3.95. The zero-order chi connectivity index (χ0) is 14.5. The Kier molecular flexibility index (Phi) is 5.72. The molecule has 1 aromatic rings. The van der Waals surface area contributed by atoms with Crippen molar-refractivity contribution in [1.82, 2.24) is 14.7 Å². The first-order chi connectivity index (χ1) is 8.83. The minimum absolute atomic E-state index is 0.386. The van der Waals surface area contributed by atoms with Crippen molar-refractivity contribution in [1.29, 1.82) is 5.26 Å². The lowest BCUT2D eigenvalue weighted by molar-refractivity contribution is 0.587. The molecule has 1 aromatic heterocycles. The van der Waals surface area contributed by atoms with Gasteiger partial charge in [0, 0.05) is 12.3 Å². The molecular formula is C11H16N4O2S2. The molecule has 0 aliphatic carbocycles. The van der Waals surface area contributed by atoms with Crippen LogP contribution in [0.1, 0.15) is 23.5 Å². The minimum atomic E-state index is -3.13. The van der Waals surface area contributed by atoms with E-state index in [-0.39, 0.29) is 0 Å². The van der Waals surface area contributed by atoms with E-state index in [4.69, 9.17) is 5.26 Å². The summed E-state index contributed by atoms with van der Waals surface area (Å²) in [4.78, 5) is 8.39. The number of nitrogens with zero attached hydrogens (tertiary/aromatic N) is 3. The lowest BCUT2D eigenvalue weighted by atomic mass is 10.3. The van der Waals surface area contributed by atoms with Gasteiger partial charge in [0.2, 0.25) is 10.0 Å². The summed E-state index contributed by atoms with van der Waals surface area (Å²) in [7, 11) is -3.13. The van der Waals surface area contributed by atoms with Crippen molar-refractivity contribution in [2.24, 2.45) is 0 Å². The van der Waals surface area contributed by atoms with Crippen LogP contribution in [0.25, 0.3) is 0 Å². The topological polar surface area (TPSA) is 95.7 Å². The second kappa shape index (κ2) is 6.84. The highest BCUT2D eigenvalue weighted by molar-refractivity contribution is 7.99. The predicted molar refractivity (Wildman–Crippen MR) is 74.4 cm³/mol. The summed E-state index contributed by atoms with van der Waals surface area (Å²) in [5, 5.41) is 9.72. The van der Waals surface area contributed by atoms with Gasteiger partial charge in [-0.3, -0.25) is 0 Å². The van der Waals surface area contributed by atoms with E-state index in [1.165, 1.54) is 11.8 Å². The van der Waals surface area contributed by atoms with E-state index < -0.39 is 10.0 Å². The number of sulfonamides is 1. The first-order valence-corrected chi connectivity index (χ1v) is 8.54. The van der Waals surface area contributed by atoms with Gasteiger partial charge >= 0.3 is 0 Å². The molecule has 0 saturated heterocycles. The Morgan fingerprint density at radius 3 is 2.63 bits per heavy atom. The third-order valence-corrected chi connectivity index (χ3v) is 3.99. The summed E-state index contributed by atoms with van der Waals surface area (Å²) in [6.07, 6.45) is 1.80. The molecule has 0 atom stereocenters. The van der Waals surface area contributed by atoms with Gasteiger partial charge in [-0.1, -0.05) is 0 Å². The van der Waals surface area contributed by atoms with Crippen LogP contribution in [-0.4, -0.2) is 36.9 Å². The lowest BCUT2D eigenvalue weighted by Gasteiger charge is -2.06. The summed E-state index contributed by atoms with van der Waals surface area (Å²) in [5.74, 6) is 1.32. The zero-order valence-electron chi connectivity index (χ0n) is 11.1. The number of nitrogens with one attached hydrogen (secondary N) is 1. The number of thioether (sulfide) groups is 1. The van der Waals surface area contributed by atoms with E-state index in [9.17, 15) is 8.42 Å². The van der Waals surface area contributed by atoms with Crippen LogP contribution < -0.4 is 4.72 Å². The number of aryl methyl sites for hydroxylation is 2. The van der Waals surface area contributed by atoms with Crippen LogP contribution in [0.5, 0.6) is 0 Å². The molecule has 0 amide bonds. The molecule has 0 aliphatic heterocycles. The van der Waals surface area contributed by atoms with E-state index in [0.29, 0.717) is 40.8 Å². The molecule has 0 spiro atoms. The molecule has 19 heavy (non-hydrogen) atoms. The predicted octanol–water partition coefficient (Wildman–Crippen LogP) is 0.997. The van der Waals surface area contributed by atoms with Gasteiger partial charge in [-0.25, -0.2) is 23.1 Å². The van der Waals surface area contributed by atoms with Gasteiger partial charge in [0.25, 0.3) is 0 Å². The van der Waals surface area contributed by atoms with Crippen molar-refractivity contribution in [2.45, 2.75) is 25.3 Å². The standard InChI is InChI=1S/C11H16N4O2S2/c1-8-10(7-12)11(15-9(2)14-8)18-6-4-5-13-19(3,16)17/h13H,4-6H2,1-3H3. The monoisotopic (exact) mass is 300 g/mol. The van der Waals surface area contributed by atoms with Crippen molar-refractivity contribution in [2.75, 3.05) is 18.6 Å². The lowest BCUT2D eigenvalue weighted by Crippen LogP contribution is -2.23. The Labute approximate surface area is 117 Å². The molecule has 8 heteroatoms. The minimum Gasteiger partial charge on any atom is -0.237 e. The van der Waals surface area contributed by atoms with Gasteiger partial charge in [-0.05, 0) is 20.3 Å². The highest BCUT2D eigenvalue weighted by atomic mass is 32.2. The molecule has 0 bridgehead atoms. The number of hydrogen-bond acceptors (Lipinski definition) is 6. The van der Waals surface area contributed by atoms with Crippen LogP contribution in [-0.2, 0) is 10.0 Å². The molecule has 1 rings (SSSR count). The van der Waals surface area contributed by atoms with Crippen molar-refractivity contribution in [3.63, 3.8) is 0 Å². The number of hydrogen-bond donors (Lipinski definition) is 1. The molecular weight excluding hydrogens is 284 g/mol. The third-order valence-electron chi connectivity index (χ3n) is 2.20. The van der Waals surface area contributed by atoms with E-state index in [1.807, 2.05) is 0 Å². The molecule has 1 N–H and O–H groups in total. The molecule has 0 fully saturated rings. The number of rotatable bonds is 6. The average molecular weight is 300 g/mol. The Bertz CT molecular complexity index is 593. The molecule has 1 heterocycles. The highest BCUT2D eigenvalue weighted by Crippen LogP contribution is 2.22. The molecule has 0 aliphatic rings. The van der Waals surface area contributed by atoms with Gasteiger partial charge < -0.3 is 0 Å². The molecule has 0 aromatic carbocycles. The van der Waals surface area contributed by atoms with Crippen LogP contribution in [0.15, 0.2) is 5.03 Å². The fourth-order valence-electron chi connectivity index (χ4n) is 1.41. The Morgan fingerprint density at radius 2 is 2.05 bits per heavy atom. The SMILES string of the molecule is Cc1nc(C)c(C#N)c(SCCCNS(C)(=O)=O)n1. The fourth-order valence-corrected chi connectivity index (χ4v) is 2.94. The number of nitriles is 1. The van der Waals surface area contributed by atoms with Crippen molar-refractivity contribution < 1.29 is 8.42 Å². The van der Waals surface area contributed by atoms with E-state index >= 15 is 0 Å². The van der Waals surface area contributed by atoms with Gasteiger partial charge in [-0.2, -0.15) is 5.26 Å². The van der Waals surface area contributed by atoms with Crippen LogP contribution in [0.4, 0.5) is 0 Å². The highest BCUT2D eigenvalue weighted by Gasteiger charge is 2.10. The summed E-state index contributed by atoms with van der Waals surface area (Å²) in [6, 6.07) is 2.10. The molecule has 104 valence electrons. The van der Waals surface area contributed by atoms with Crippen molar-refractivity contribution >= 4 is 21.8 Å². The van der Waals surface area contributed by atoms with Gasteiger partial charge in [0.1, 0.15) is 22.5 Å².